The maximum absolute atomic E-state index is 10.7. The molecule has 1 aromatic heterocycles. The number of aromatic nitrogens is 1. The second-order valence-corrected chi connectivity index (χ2v) is 6.97. The molecule has 0 amide bonds. The SMILES string of the molecule is N#Cc1ccc2sc(Sc3ccc([N+](=O)[O-])cc3Cl)nc2c1. The molecule has 2 aromatic carbocycles. The molecule has 108 valence electrons. The number of benzene rings is 2. The Labute approximate surface area is 138 Å². The van der Waals surface area contributed by atoms with Crippen molar-refractivity contribution in [2.75, 3.05) is 0 Å². The van der Waals surface area contributed by atoms with Crippen LogP contribution in [-0.2, 0) is 0 Å². The van der Waals surface area contributed by atoms with Gasteiger partial charge in [-0.3, -0.25) is 10.1 Å². The molecule has 0 saturated heterocycles. The predicted octanol–water partition coefficient (Wildman–Crippen LogP) is 4.88. The summed E-state index contributed by atoms with van der Waals surface area (Å²) in [6.07, 6.45) is 0. The number of nitriles is 1. The predicted molar refractivity (Wildman–Crippen MR) is 86.6 cm³/mol. The Kier molecular flexibility index (Phi) is 3.98. The molecule has 1 heterocycles. The van der Waals surface area contributed by atoms with E-state index in [2.05, 4.69) is 11.1 Å². The summed E-state index contributed by atoms with van der Waals surface area (Å²) in [5.74, 6) is 0. The maximum atomic E-state index is 10.7. The lowest BCUT2D eigenvalue weighted by Gasteiger charge is -2.00. The summed E-state index contributed by atoms with van der Waals surface area (Å²) in [6.45, 7) is 0. The Hall–Kier alpha value is -2.14. The van der Waals surface area contributed by atoms with E-state index in [0.717, 1.165) is 14.6 Å². The zero-order chi connectivity index (χ0) is 15.7. The third-order valence-corrected chi connectivity index (χ3v) is 5.42. The van der Waals surface area contributed by atoms with E-state index in [1.807, 2.05) is 6.07 Å². The smallest absolute Gasteiger partial charge is 0.258 e. The van der Waals surface area contributed by atoms with E-state index in [4.69, 9.17) is 16.9 Å². The largest absolute Gasteiger partial charge is 0.270 e. The van der Waals surface area contributed by atoms with Crippen LogP contribution in [-0.4, -0.2) is 9.91 Å². The molecule has 0 aliphatic rings. The van der Waals surface area contributed by atoms with Crippen molar-refractivity contribution in [3.8, 4) is 6.07 Å². The first kappa shape index (κ1) is 14.8. The lowest BCUT2D eigenvalue weighted by molar-refractivity contribution is -0.384. The van der Waals surface area contributed by atoms with Crippen LogP contribution in [0.4, 0.5) is 5.69 Å². The summed E-state index contributed by atoms with van der Waals surface area (Å²) in [7, 11) is 0. The van der Waals surface area contributed by atoms with Crippen molar-refractivity contribution in [1.29, 1.82) is 5.26 Å². The van der Waals surface area contributed by atoms with Gasteiger partial charge >= 0.3 is 0 Å². The van der Waals surface area contributed by atoms with E-state index in [1.165, 1.54) is 35.2 Å². The number of nitrogens with zero attached hydrogens (tertiary/aromatic N) is 3. The Morgan fingerprint density at radius 1 is 1.32 bits per heavy atom. The van der Waals surface area contributed by atoms with Gasteiger partial charge in [-0.1, -0.05) is 23.4 Å². The molecular formula is C14H6ClN3O2S2. The maximum Gasteiger partial charge on any atom is 0.270 e. The van der Waals surface area contributed by atoms with Gasteiger partial charge in [0.2, 0.25) is 0 Å². The highest BCUT2D eigenvalue weighted by atomic mass is 35.5. The molecule has 5 nitrogen and oxygen atoms in total. The van der Waals surface area contributed by atoms with Gasteiger partial charge < -0.3 is 0 Å². The summed E-state index contributed by atoms with van der Waals surface area (Å²) in [6, 6.07) is 11.7. The number of nitro groups is 1. The van der Waals surface area contributed by atoms with Gasteiger partial charge in [0.25, 0.3) is 5.69 Å². The van der Waals surface area contributed by atoms with Gasteiger partial charge in [-0.15, -0.1) is 11.3 Å². The van der Waals surface area contributed by atoms with E-state index >= 15 is 0 Å². The molecule has 22 heavy (non-hydrogen) atoms. The number of nitro benzene ring substituents is 1. The number of hydrogen-bond donors (Lipinski definition) is 0. The Balaban J connectivity index is 1.93. The molecule has 8 heteroatoms. The molecule has 0 radical (unpaired) electrons. The lowest BCUT2D eigenvalue weighted by atomic mass is 10.2. The third-order valence-electron chi connectivity index (χ3n) is 2.82. The van der Waals surface area contributed by atoms with E-state index in [9.17, 15) is 10.1 Å². The van der Waals surface area contributed by atoms with Crippen LogP contribution < -0.4 is 0 Å². The van der Waals surface area contributed by atoms with Crippen LogP contribution in [0.3, 0.4) is 0 Å². The number of hydrogen-bond acceptors (Lipinski definition) is 6. The summed E-state index contributed by atoms with van der Waals surface area (Å²) >= 11 is 8.90. The van der Waals surface area contributed by atoms with Gasteiger partial charge in [0, 0.05) is 17.0 Å². The zero-order valence-electron chi connectivity index (χ0n) is 10.8. The minimum Gasteiger partial charge on any atom is -0.258 e. The van der Waals surface area contributed by atoms with Crippen LogP contribution in [0.2, 0.25) is 5.02 Å². The fraction of sp³-hybridized carbons (Fsp3) is 0. The molecule has 3 aromatic rings. The molecule has 0 unspecified atom stereocenters. The quantitative estimate of drug-likeness (QED) is 0.498. The Bertz CT molecular complexity index is 933. The van der Waals surface area contributed by atoms with Gasteiger partial charge in [-0.05, 0) is 24.3 Å². The molecule has 0 spiro atoms. The van der Waals surface area contributed by atoms with Gasteiger partial charge in [0.1, 0.15) is 0 Å². The van der Waals surface area contributed by atoms with Crippen molar-refractivity contribution in [2.24, 2.45) is 0 Å². The first-order valence-electron chi connectivity index (χ1n) is 5.99. The number of rotatable bonds is 3. The second-order valence-electron chi connectivity index (χ2n) is 4.25. The molecular weight excluding hydrogens is 342 g/mol. The van der Waals surface area contributed by atoms with Gasteiger partial charge in [-0.2, -0.15) is 5.26 Å². The summed E-state index contributed by atoms with van der Waals surface area (Å²) in [5, 5.41) is 19.9. The van der Waals surface area contributed by atoms with E-state index < -0.39 is 4.92 Å². The minimum absolute atomic E-state index is 0.0442. The summed E-state index contributed by atoms with van der Waals surface area (Å²) in [4.78, 5) is 15.4. The molecule has 0 saturated carbocycles. The molecule has 0 atom stereocenters. The average Bonchev–Trinajstić information content (AvgIpc) is 2.90. The molecule has 0 aliphatic heterocycles. The standard InChI is InChI=1S/C14H6ClN3O2S2/c15-10-6-9(18(19)20)2-4-12(10)21-14-17-11-5-8(7-16)1-3-13(11)22-14/h1-6H. The van der Waals surface area contributed by atoms with Crippen molar-refractivity contribution < 1.29 is 4.92 Å². The van der Waals surface area contributed by atoms with Crippen molar-refractivity contribution in [2.45, 2.75) is 9.24 Å². The number of thiazole rings is 1. The Morgan fingerprint density at radius 3 is 2.82 bits per heavy atom. The normalized spacial score (nSPS) is 10.5. The van der Waals surface area contributed by atoms with Crippen LogP contribution in [0.25, 0.3) is 10.2 Å². The van der Waals surface area contributed by atoms with Crippen molar-refractivity contribution in [3.05, 3.63) is 57.1 Å². The molecule has 0 aliphatic carbocycles. The fourth-order valence-corrected chi connectivity index (χ4v) is 4.10. The second kappa shape index (κ2) is 5.93. The summed E-state index contributed by atoms with van der Waals surface area (Å²) in [5.41, 5.74) is 1.27. The molecule has 3 rings (SSSR count). The highest BCUT2D eigenvalue weighted by molar-refractivity contribution is 8.01. The van der Waals surface area contributed by atoms with Crippen molar-refractivity contribution >= 4 is 50.6 Å². The highest BCUT2D eigenvalue weighted by Gasteiger charge is 2.12. The van der Waals surface area contributed by atoms with E-state index in [-0.39, 0.29) is 5.69 Å². The van der Waals surface area contributed by atoms with Crippen LogP contribution in [0.5, 0.6) is 0 Å². The third kappa shape index (κ3) is 2.90. The van der Waals surface area contributed by atoms with Crippen LogP contribution >= 0.6 is 34.7 Å². The van der Waals surface area contributed by atoms with Crippen LogP contribution in [0.1, 0.15) is 5.56 Å². The average molecular weight is 348 g/mol. The zero-order valence-corrected chi connectivity index (χ0v) is 13.2. The number of halogens is 1. The fourth-order valence-electron chi connectivity index (χ4n) is 1.80. The summed E-state index contributed by atoms with van der Waals surface area (Å²) < 4.78 is 1.74. The van der Waals surface area contributed by atoms with Crippen LogP contribution in [0.15, 0.2) is 45.6 Å². The van der Waals surface area contributed by atoms with Gasteiger partial charge in [0.15, 0.2) is 4.34 Å². The number of non-ortho nitro benzene ring substituents is 1. The van der Waals surface area contributed by atoms with Crippen molar-refractivity contribution in [1.82, 2.24) is 4.98 Å². The molecule has 0 bridgehead atoms. The van der Waals surface area contributed by atoms with Crippen LogP contribution in [0, 0.1) is 21.4 Å². The molecule has 0 N–H and O–H groups in total. The van der Waals surface area contributed by atoms with E-state index in [0.29, 0.717) is 15.5 Å². The van der Waals surface area contributed by atoms with Gasteiger partial charge in [-0.25, -0.2) is 4.98 Å². The first-order valence-corrected chi connectivity index (χ1v) is 8.00. The first-order chi connectivity index (χ1) is 10.6. The monoisotopic (exact) mass is 347 g/mol. The Morgan fingerprint density at radius 2 is 2.14 bits per heavy atom. The minimum atomic E-state index is -0.485. The number of fused-ring (bicyclic) bond motifs is 1. The van der Waals surface area contributed by atoms with Gasteiger partial charge in [0.05, 0.1) is 31.8 Å². The van der Waals surface area contributed by atoms with Crippen molar-refractivity contribution in [3.63, 3.8) is 0 Å². The lowest BCUT2D eigenvalue weighted by Crippen LogP contribution is -1.87. The highest BCUT2D eigenvalue weighted by Crippen LogP contribution is 2.38. The van der Waals surface area contributed by atoms with E-state index in [1.54, 1.807) is 18.2 Å². The topological polar surface area (TPSA) is 79.8 Å². The molecule has 0 fully saturated rings.